The third kappa shape index (κ3) is 2.81. The van der Waals surface area contributed by atoms with Crippen LogP contribution in [0.3, 0.4) is 0 Å². The zero-order chi connectivity index (χ0) is 11.6. The molecular weight excluding hydrogens is 226 g/mol. The van der Waals surface area contributed by atoms with Gasteiger partial charge in [0, 0.05) is 5.56 Å². The molecule has 0 saturated carbocycles. The predicted octanol–water partition coefficient (Wildman–Crippen LogP) is -1.09. The quantitative estimate of drug-likeness (QED) is 0.707. The Hall–Kier alpha value is -0.910. The number of sulfone groups is 1. The van der Waals surface area contributed by atoms with E-state index in [1.807, 2.05) is 35.6 Å². The Labute approximate surface area is 95.2 Å². The number of rotatable bonds is 3. The number of aliphatic hydroxyl groups excluding tert-OH is 1. The summed E-state index contributed by atoms with van der Waals surface area (Å²) < 4.78 is 22.6. The van der Waals surface area contributed by atoms with Gasteiger partial charge < -0.3 is 10.4 Å². The summed E-state index contributed by atoms with van der Waals surface area (Å²) in [7, 11) is -3.03. The molecule has 2 rings (SSSR count). The molecule has 16 heavy (non-hydrogen) atoms. The lowest BCUT2D eigenvalue weighted by atomic mass is 10.2. The van der Waals surface area contributed by atoms with E-state index in [4.69, 9.17) is 0 Å². The van der Waals surface area contributed by atoms with E-state index in [9.17, 15) is 13.5 Å². The number of hydrogen-bond acceptors (Lipinski definition) is 3. The van der Waals surface area contributed by atoms with Crippen molar-refractivity contribution in [2.75, 3.05) is 11.5 Å². The maximum absolute atomic E-state index is 11.3. The number of nitrogens with two attached hydrogens (primary N) is 1. The molecule has 0 aromatic heterocycles. The third-order valence-electron chi connectivity index (χ3n) is 2.86. The van der Waals surface area contributed by atoms with Crippen molar-refractivity contribution in [3.8, 4) is 0 Å². The van der Waals surface area contributed by atoms with Gasteiger partial charge in [0.25, 0.3) is 0 Å². The van der Waals surface area contributed by atoms with Gasteiger partial charge in [-0.05, 0) is 0 Å². The number of quaternary nitrogens is 1. The molecule has 0 spiro atoms. The third-order valence-corrected chi connectivity index (χ3v) is 4.61. The molecule has 1 aromatic carbocycles. The summed E-state index contributed by atoms with van der Waals surface area (Å²) in [5.74, 6) is -0.00996. The lowest BCUT2D eigenvalue weighted by Gasteiger charge is -2.11. The second kappa shape index (κ2) is 4.53. The Morgan fingerprint density at radius 2 is 1.94 bits per heavy atom. The Balaban J connectivity index is 1.92. The van der Waals surface area contributed by atoms with Crippen molar-refractivity contribution in [3.05, 3.63) is 35.9 Å². The van der Waals surface area contributed by atoms with Crippen molar-refractivity contribution in [1.82, 2.24) is 0 Å². The van der Waals surface area contributed by atoms with Gasteiger partial charge in [0.1, 0.15) is 24.4 Å². The summed E-state index contributed by atoms with van der Waals surface area (Å²) >= 11 is 0. The summed E-state index contributed by atoms with van der Waals surface area (Å²) in [5, 5.41) is 11.5. The first-order valence-corrected chi connectivity index (χ1v) is 7.15. The van der Waals surface area contributed by atoms with Gasteiger partial charge in [-0.3, -0.25) is 0 Å². The minimum absolute atomic E-state index is 0.0843. The number of benzene rings is 1. The van der Waals surface area contributed by atoms with Crippen LogP contribution in [0.2, 0.25) is 0 Å². The van der Waals surface area contributed by atoms with Crippen LogP contribution in [0.4, 0.5) is 0 Å². The van der Waals surface area contributed by atoms with Crippen LogP contribution in [-0.4, -0.2) is 37.2 Å². The summed E-state index contributed by atoms with van der Waals surface area (Å²) in [5.41, 5.74) is 1.14. The minimum Gasteiger partial charge on any atom is -0.386 e. The first-order valence-electron chi connectivity index (χ1n) is 5.32. The fourth-order valence-electron chi connectivity index (χ4n) is 1.98. The minimum atomic E-state index is -3.03. The largest absolute Gasteiger partial charge is 0.386 e. The summed E-state index contributed by atoms with van der Waals surface area (Å²) in [6.07, 6.45) is -0.728. The molecule has 4 nitrogen and oxygen atoms in total. The Bertz CT molecular complexity index is 444. The van der Waals surface area contributed by atoms with Crippen LogP contribution in [0.25, 0.3) is 0 Å². The highest BCUT2D eigenvalue weighted by atomic mass is 32.2. The molecule has 0 bridgehead atoms. The van der Waals surface area contributed by atoms with Gasteiger partial charge in [0.05, 0.1) is 5.75 Å². The smallest absolute Gasteiger partial charge is 0.159 e. The zero-order valence-electron chi connectivity index (χ0n) is 8.91. The van der Waals surface area contributed by atoms with Gasteiger partial charge in [0.15, 0.2) is 9.84 Å². The zero-order valence-corrected chi connectivity index (χ0v) is 9.73. The Morgan fingerprint density at radius 1 is 1.25 bits per heavy atom. The van der Waals surface area contributed by atoms with Crippen molar-refractivity contribution in [2.45, 2.75) is 18.7 Å². The van der Waals surface area contributed by atoms with Crippen LogP contribution in [-0.2, 0) is 16.4 Å². The fraction of sp³-hybridized carbons (Fsp3) is 0.455. The average Bonchev–Trinajstić information content (AvgIpc) is 2.50. The maximum atomic E-state index is 11.3. The van der Waals surface area contributed by atoms with Crippen LogP contribution in [0, 0.1) is 0 Å². The molecule has 1 aromatic rings. The molecule has 0 amide bonds. The van der Waals surface area contributed by atoms with Crippen LogP contribution >= 0.6 is 0 Å². The second-order valence-electron chi connectivity index (χ2n) is 4.23. The first-order chi connectivity index (χ1) is 7.57. The SMILES string of the molecule is O=S1(=O)C[C@H]([NH2+]Cc2ccccc2)[C@@H](O)C1. The molecule has 88 valence electrons. The number of aliphatic hydroxyl groups is 1. The van der Waals surface area contributed by atoms with Crippen molar-refractivity contribution in [3.63, 3.8) is 0 Å². The molecule has 0 unspecified atom stereocenters. The van der Waals surface area contributed by atoms with Crippen LogP contribution < -0.4 is 5.32 Å². The molecule has 1 aliphatic rings. The highest BCUT2D eigenvalue weighted by Crippen LogP contribution is 2.09. The van der Waals surface area contributed by atoms with E-state index in [1.54, 1.807) is 0 Å². The normalized spacial score (nSPS) is 28.1. The molecular formula is C11H16NO3S+. The molecule has 1 aliphatic heterocycles. The van der Waals surface area contributed by atoms with Gasteiger partial charge in [-0.15, -0.1) is 0 Å². The van der Waals surface area contributed by atoms with E-state index in [1.165, 1.54) is 0 Å². The fourth-order valence-corrected chi connectivity index (χ4v) is 3.83. The summed E-state index contributed by atoms with van der Waals surface area (Å²) in [6.45, 7) is 0.706. The van der Waals surface area contributed by atoms with Crippen molar-refractivity contribution < 1.29 is 18.8 Å². The van der Waals surface area contributed by atoms with Crippen LogP contribution in [0.15, 0.2) is 30.3 Å². The Morgan fingerprint density at radius 3 is 2.50 bits per heavy atom. The van der Waals surface area contributed by atoms with E-state index >= 15 is 0 Å². The second-order valence-corrected chi connectivity index (χ2v) is 6.39. The Kier molecular flexibility index (Phi) is 3.28. The van der Waals surface area contributed by atoms with Crippen LogP contribution in [0.5, 0.6) is 0 Å². The summed E-state index contributed by atoms with van der Waals surface area (Å²) in [6, 6.07) is 9.61. The van der Waals surface area contributed by atoms with E-state index in [-0.39, 0.29) is 17.5 Å². The molecule has 5 heteroatoms. The topological polar surface area (TPSA) is 71.0 Å². The van der Waals surface area contributed by atoms with E-state index in [0.29, 0.717) is 6.54 Å². The van der Waals surface area contributed by atoms with Gasteiger partial charge in [-0.1, -0.05) is 30.3 Å². The van der Waals surface area contributed by atoms with Gasteiger partial charge in [-0.25, -0.2) is 8.42 Å². The van der Waals surface area contributed by atoms with Crippen LogP contribution in [0.1, 0.15) is 5.56 Å². The van der Waals surface area contributed by atoms with Crippen molar-refractivity contribution in [1.29, 1.82) is 0 Å². The molecule has 0 radical (unpaired) electrons. The van der Waals surface area contributed by atoms with Gasteiger partial charge in [0.2, 0.25) is 0 Å². The number of hydrogen-bond donors (Lipinski definition) is 2. The highest BCUT2D eigenvalue weighted by Gasteiger charge is 2.38. The van der Waals surface area contributed by atoms with Crippen molar-refractivity contribution >= 4 is 9.84 Å². The molecule has 0 aliphatic carbocycles. The first kappa shape index (κ1) is 11.6. The molecule has 1 heterocycles. The molecule has 3 N–H and O–H groups in total. The van der Waals surface area contributed by atoms with Crippen molar-refractivity contribution in [2.24, 2.45) is 0 Å². The highest BCUT2D eigenvalue weighted by molar-refractivity contribution is 7.91. The van der Waals surface area contributed by atoms with E-state index < -0.39 is 15.9 Å². The van der Waals surface area contributed by atoms with Gasteiger partial charge in [-0.2, -0.15) is 0 Å². The molecule has 1 saturated heterocycles. The predicted molar refractivity (Wildman–Crippen MR) is 60.5 cm³/mol. The maximum Gasteiger partial charge on any atom is 0.159 e. The molecule has 1 fully saturated rings. The van der Waals surface area contributed by atoms with Gasteiger partial charge >= 0.3 is 0 Å². The monoisotopic (exact) mass is 242 g/mol. The molecule has 2 atom stereocenters. The standard InChI is InChI=1S/C11H15NO3S/c13-11-8-16(14,15)7-10(11)12-6-9-4-2-1-3-5-9/h1-5,10-13H,6-8H2/p+1/t10-,11-/m0/s1. The van der Waals surface area contributed by atoms with E-state index in [2.05, 4.69) is 0 Å². The van der Waals surface area contributed by atoms with E-state index in [0.717, 1.165) is 5.56 Å². The average molecular weight is 242 g/mol. The lowest BCUT2D eigenvalue weighted by molar-refractivity contribution is -0.705. The lowest BCUT2D eigenvalue weighted by Crippen LogP contribution is -2.91. The summed E-state index contributed by atoms with van der Waals surface area (Å²) in [4.78, 5) is 0.